The van der Waals surface area contributed by atoms with Gasteiger partial charge in [-0.25, -0.2) is 4.98 Å². The van der Waals surface area contributed by atoms with Gasteiger partial charge in [0.25, 0.3) is 0 Å². The smallest absolute Gasteiger partial charge is 0.110 e. The second kappa shape index (κ2) is 4.04. The van der Waals surface area contributed by atoms with Crippen LogP contribution in [0.2, 0.25) is 0 Å². The van der Waals surface area contributed by atoms with Crippen molar-refractivity contribution in [3.05, 3.63) is 29.8 Å². The third-order valence-corrected chi connectivity index (χ3v) is 3.54. The molecule has 0 aliphatic carbocycles. The number of aryl methyl sites for hydroxylation is 1. The summed E-state index contributed by atoms with van der Waals surface area (Å²) in [6.07, 6.45) is 4.70. The molecule has 0 spiro atoms. The highest BCUT2D eigenvalue weighted by Gasteiger charge is 2.14. The number of hydrogen-bond acceptors (Lipinski definition) is 3. The summed E-state index contributed by atoms with van der Waals surface area (Å²) in [4.78, 5) is 6.93. The third kappa shape index (κ3) is 1.69. The Morgan fingerprint density at radius 3 is 2.82 bits per heavy atom. The fraction of sp³-hybridized carbons (Fsp3) is 0.462. The first-order valence-electron chi connectivity index (χ1n) is 6.22. The van der Waals surface area contributed by atoms with Crippen molar-refractivity contribution in [2.45, 2.75) is 26.3 Å². The molecule has 0 aromatic carbocycles. The monoisotopic (exact) mass is 230 g/mol. The van der Waals surface area contributed by atoms with E-state index < -0.39 is 0 Å². The van der Waals surface area contributed by atoms with Crippen LogP contribution in [0, 0.1) is 6.92 Å². The maximum atomic E-state index is 5.74. The molecule has 0 bridgehead atoms. The molecular formula is C13H18N4. The van der Waals surface area contributed by atoms with Crippen LogP contribution in [0.1, 0.15) is 24.4 Å². The van der Waals surface area contributed by atoms with Crippen molar-refractivity contribution in [2.24, 2.45) is 5.73 Å². The van der Waals surface area contributed by atoms with Crippen LogP contribution >= 0.6 is 0 Å². The summed E-state index contributed by atoms with van der Waals surface area (Å²) in [6.45, 7) is 4.85. The van der Waals surface area contributed by atoms with Crippen molar-refractivity contribution in [3.8, 4) is 0 Å². The normalized spacial score (nSPS) is 16.0. The summed E-state index contributed by atoms with van der Waals surface area (Å²) in [5.41, 5.74) is 9.18. The van der Waals surface area contributed by atoms with Gasteiger partial charge in [0.15, 0.2) is 0 Å². The van der Waals surface area contributed by atoms with Crippen molar-refractivity contribution in [2.75, 3.05) is 18.0 Å². The fourth-order valence-electron chi connectivity index (χ4n) is 2.62. The lowest BCUT2D eigenvalue weighted by atomic mass is 10.3. The molecule has 2 aromatic heterocycles. The van der Waals surface area contributed by atoms with Crippen LogP contribution < -0.4 is 10.6 Å². The SMILES string of the molecule is Cc1nc(CN)c2cc(N3CCCC3)ccn12. The van der Waals surface area contributed by atoms with E-state index in [1.54, 1.807) is 0 Å². The minimum Gasteiger partial charge on any atom is -0.371 e. The van der Waals surface area contributed by atoms with E-state index in [0.29, 0.717) is 6.54 Å². The van der Waals surface area contributed by atoms with Crippen molar-refractivity contribution >= 4 is 11.2 Å². The Morgan fingerprint density at radius 2 is 2.12 bits per heavy atom. The van der Waals surface area contributed by atoms with Gasteiger partial charge in [-0.05, 0) is 31.9 Å². The van der Waals surface area contributed by atoms with Gasteiger partial charge in [-0.15, -0.1) is 0 Å². The first-order valence-corrected chi connectivity index (χ1v) is 6.22. The largest absolute Gasteiger partial charge is 0.371 e. The number of imidazole rings is 1. The van der Waals surface area contributed by atoms with Crippen molar-refractivity contribution in [1.82, 2.24) is 9.38 Å². The first-order chi connectivity index (χ1) is 8.29. The summed E-state index contributed by atoms with van der Waals surface area (Å²) in [7, 11) is 0. The quantitative estimate of drug-likeness (QED) is 0.854. The number of rotatable bonds is 2. The molecule has 0 radical (unpaired) electrons. The average Bonchev–Trinajstić information content (AvgIpc) is 2.97. The average molecular weight is 230 g/mol. The predicted octanol–water partition coefficient (Wildman–Crippen LogP) is 1.70. The lowest BCUT2D eigenvalue weighted by Gasteiger charge is -2.17. The zero-order valence-electron chi connectivity index (χ0n) is 10.2. The van der Waals surface area contributed by atoms with Gasteiger partial charge in [0, 0.05) is 31.5 Å². The number of nitrogens with zero attached hydrogens (tertiary/aromatic N) is 3. The number of anilines is 1. The van der Waals surface area contributed by atoms with E-state index in [0.717, 1.165) is 17.0 Å². The van der Waals surface area contributed by atoms with Gasteiger partial charge < -0.3 is 15.0 Å². The minimum atomic E-state index is 0.501. The molecule has 3 heterocycles. The summed E-state index contributed by atoms with van der Waals surface area (Å²) >= 11 is 0. The van der Waals surface area contributed by atoms with E-state index in [9.17, 15) is 0 Å². The molecule has 0 atom stereocenters. The van der Waals surface area contributed by atoms with E-state index >= 15 is 0 Å². The molecule has 0 amide bonds. The minimum absolute atomic E-state index is 0.501. The van der Waals surface area contributed by atoms with Gasteiger partial charge >= 0.3 is 0 Å². The van der Waals surface area contributed by atoms with Crippen molar-refractivity contribution in [3.63, 3.8) is 0 Å². The second-order valence-corrected chi connectivity index (χ2v) is 4.64. The van der Waals surface area contributed by atoms with E-state index in [2.05, 4.69) is 32.6 Å². The molecular weight excluding hydrogens is 212 g/mol. The Morgan fingerprint density at radius 1 is 1.35 bits per heavy atom. The molecule has 1 saturated heterocycles. The van der Waals surface area contributed by atoms with Gasteiger partial charge in [-0.2, -0.15) is 0 Å². The van der Waals surface area contributed by atoms with Crippen LogP contribution in [0.25, 0.3) is 5.52 Å². The summed E-state index contributed by atoms with van der Waals surface area (Å²) < 4.78 is 2.11. The topological polar surface area (TPSA) is 46.6 Å². The Kier molecular flexibility index (Phi) is 2.52. The van der Waals surface area contributed by atoms with Crippen LogP contribution in [0.3, 0.4) is 0 Å². The van der Waals surface area contributed by atoms with Gasteiger partial charge in [-0.1, -0.05) is 0 Å². The standard InChI is InChI=1S/C13H18N4/c1-10-15-12(9-14)13-8-11(4-7-17(10)13)16-5-2-3-6-16/h4,7-8H,2-3,5-6,9,14H2,1H3. The van der Waals surface area contributed by atoms with Gasteiger partial charge in [0.05, 0.1) is 11.2 Å². The zero-order chi connectivity index (χ0) is 11.8. The third-order valence-electron chi connectivity index (χ3n) is 3.54. The lowest BCUT2D eigenvalue weighted by Crippen LogP contribution is -2.17. The highest BCUT2D eigenvalue weighted by atomic mass is 15.1. The Hall–Kier alpha value is -1.55. The number of aromatic nitrogens is 2. The molecule has 2 N–H and O–H groups in total. The van der Waals surface area contributed by atoms with Gasteiger partial charge in [0.2, 0.25) is 0 Å². The molecule has 4 nitrogen and oxygen atoms in total. The number of fused-ring (bicyclic) bond motifs is 1. The number of hydrogen-bond donors (Lipinski definition) is 1. The van der Waals surface area contributed by atoms with E-state index in [-0.39, 0.29) is 0 Å². The number of nitrogens with two attached hydrogens (primary N) is 1. The molecule has 17 heavy (non-hydrogen) atoms. The predicted molar refractivity (Wildman–Crippen MR) is 69.3 cm³/mol. The lowest BCUT2D eigenvalue weighted by molar-refractivity contribution is 0.949. The molecule has 3 rings (SSSR count). The molecule has 4 heteroatoms. The van der Waals surface area contributed by atoms with Crippen LogP contribution in [0.4, 0.5) is 5.69 Å². The Balaban J connectivity index is 2.10. The van der Waals surface area contributed by atoms with Crippen LogP contribution in [0.5, 0.6) is 0 Å². The molecule has 1 aliphatic rings. The first kappa shape index (κ1) is 10.6. The van der Waals surface area contributed by atoms with E-state index in [1.807, 2.05) is 6.92 Å². The fourth-order valence-corrected chi connectivity index (χ4v) is 2.62. The molecule has 0 saturated carbocycles. The maximum absolute atomic E-state index is 5.74. The van der Waals surface area contributed by atoms with Crippen LogP contribution in [0.15, 0.2) is 18.3 Å². The van der Waals surface area contributed by atoms with Gasteiger partial charge in [0.1, 0.15) is 5.82 Å². The number of pyridine rings is 1. The molecule has 2 aromatic rings. The Bertz CT molecular complexity index is 538. The second-order valence-electron chi connectivity index (χ2n) is 4.64. The molecule has 1 fully saturated rings. The van der Waals surface area contributed by atoms with Gasteiger partial charge in [-0.3, -0.25) is 0 Å². The summed E-state index contributed by atoms with van der Waals surface area (Å²) in [6, 6.07) is 4.39. The van der Waals surface area contributed by atoms with E-state index in [1.165, 1.54) is 31.6 Å². The highest BCUT2D eigenvalue weighted by molar-refractivity contribution is 5.63. The maximum Gasteiger partial charge on any atom is 0.110 e. The van der Waals surface area contributed by atoms with Crippen molar-refractivity contribution in [1.29, 1.82) is 0 Å². The van der Waals surface area contributed by atoms with Crippen molar-refractivity contribution < 1.29 is 0 Å². The summed E-state index contributed by atoms with van der Waals surface area (Å²) in [5.74, 6) is 1.01. The Labute approximate surface area is 101 Å². The summed E-state index contributed by atoms with van der Waals surface area (Å²) in [5, 5.41) is 0. The van der Waals surface area contributed by atoms with Crippen LogP contribution in [-0.4, -0.2) is 22.5 Å². The van der Waals surface area contributed by atoms with E-state index in [4.69, 9.17) is 5.73 Å². The zero-order valence-corrected chi connectivity index (χ0v) is 10.2. The molecule has 0 unspecified atom stereocenters. The molecule has 90 valence electrons. The van der Waals surface area contributed by atoms with Crippen LogP contribution in [-0.2, 0) is 6.54 Å². The highest BCUT2D eigenvalue weighted by Crippen LogP contribution is 2.23. The molecule has 1 aliphatic heterocycles.